The normalized spacial score (nSPS) is 23.9. The molecule has 4 N–H and O–H groups in total. The molecule has 2 aromatic carbocycles. The van der Waals surface area contributed by atoms with Crippen molar-refractivity contribution in [2.24, 2.45) is 5.92 Å². The van der Waals surface area contributed by atoms with E-state index in [0.29, 0.717) is 55.3 Å². The molecule has 1 heterocycles. The molecule has 1 aliphatic heterocycles. The number of likely N-dealkylation sites (tertiary alicyclic amines) is 1. The van der Waals surface area contributed by atoms with Gasteiger partial charge in [0.1, 0.15) is 11.5 Å². The van der Waals surface area contributed by atoms with Gasteiger partial charge in [-0.2, -0.15) is 0 Å². The second-order valence-corrected chi connectivity index (χ2v) is 11.2. The Kier molecular flexibility index (Phi) is 7.76. The van der Waals surface area contributed by atoms with Crippen molar-refractivity contribution in [2.45, 2.75) is 50.0 Å². The molecule has 0 aromatic heterocycles. The van der Waals surface area contributed by atoms with E-state index in [1.165, 1.54) is 6.20 Å². The molecule has 1 saturated carbocycles. The number of phenolic OH excluding ortho intramolecular Hbond substituents is 1. The Morgan fingerprint density at radius 3 is 2.67 bits per heavy atom. The average Bonchev–Trinajstić information content (AvgIpc) is 2.94. The Balaban J connectivity index is 1.30. The second kappa shape index (κ2) is 11.3. The van der Waals surface area contributed by atoms with Crippen LogP contribution in [0.2, 0.25) is 0 Å². The number of amides is 3. The fourth-order valence-electron chi connectivity index (χ4n) is 7.13. The molecule has 3 amide bonds. The van der Waals surface area contributed by atoms with Gasteiger partial charge in [-0.1, -0.05) is 30.3 Å². The average molecular weight is 545 g/mol. The summed E-state index contributed by atoms with van der Waals surface area (Å²) in [7, 11) is 3.82. The van der Waals surface area contributed by atoms with E-state index in [2.05, 4.69) is 27.9 Å². The third-order valence-corrected chi connectivity index (χ3v) is 9.02. The zero-order valence-electron chi connectivity index (χ0n) is 23.0. The third kappa shape index (κ3) is 4.90. The SMILES string of the molecule is CN/C=C(\C(=O)NC=O)c1ccc(CCNC(=O)c2ccc3c(c2O)C24CCN(C)C(C3)C2CCC(=O)C4)cc1. The standard InChI is InChI=1S/C31H36N4O5/c1-32-17-24(30(40)34-18-36)20-5-3-19(4-6-20)11-13-33-29(39)23-9-7-21-15-26-25-10-8-22(37)16-31(25,12-14-35(26)2)27(21)28(23)38/h3-7,9,17-18,25-26,32,38H,8,10-16H2,1-2H3,(H,33,39)(H,34,36,40)/b24-17-. The first-order valence-corrected chi connectivity index (χ1v) is 13.9. The van der Waals surface area contributed by atoms with Crippen molar-refractivity contribution in [1.82, 2.24) is 20.9 Å². The molecule has 0 spiro atoms. The molecule has 0 radical (unpaired) electrons. The largest absolute Gasteiger partial charge is 0.507 e. The number of nitrogens with zero attached hydrogens (tertiary/aromatic N) is 1. The predicted molar refractivity (Wildman–Crippen MR) is 151 cm³/mol. The number of piperidine rings is 1. The van der Waals surface area contributed by atoms with E-state index < -0.39 is 11.3 Å². The number of fused-ring (bicyclic) bond motifs is 1. The third-order valence-electron chi connectivity index (χ3n) is 9.02. The van der Waals surface area contributed by atoms with Crippen molar-refractivity contribution in [3.63, 3.8) is 0 Å². The van der Waals surface area contributed by atoms with Crippen molar-refractivity contribution in [2.75, 3.05) is 27.2 Å². The molecule has 3 atom stereocenters. The van der Waals surface area contributed by atoms with Gasteiger partial charge in [0.15, 0.2) is 0 Å². The number of benzene rings is 2. The van der Waals surface area contributed by atoms with E-state index in [-0.39, 0.29) is 23.0 Å². The lowest BCUT2D eigenvalue weighted by atomic mass is 9.52. The molecule has 3 aliphatic rings. The summed E-state index contributed by atoms with van der Waals surface area (Å²) < 4.78 is 0. The Hall–Kier alpha value is -3.98. The van der Waals surface area contributed by atoms with Crippen molar-refractivity contribution < 1.29 is 24.3 Å². The number of nitrogens with one attached hydrogen (secondary N) is 3. The molecule has 40 heavy (non-hydrogen) atoms. The number of likely N-dealkylation sites (N-methyl/N-ethyl adjacent to an activating group) is 1. The van der Waals surface area contributed by atoms with Crippen LogP contribution in [0.15, 0.2) is 42.6 Å². The summed E-state index contributed by atoms with van der Waals surface area (Å²) in [4.78, 5) is 51.1. The number of ketones is 1. The molecule has 2 bridgehead atoms. The minimum Gasteiger partial charge on any atom is -0.507 e. The fraction of sp³-hybridized carbons (Fsp3) is 0.419. The molecule has 2 aliphatic carbocycles. The van der Waals surface area contributed by atoms with Crippen LogP contribution in [0.4, 0.5) is 0 Å². The minimum atomic E-state index is -0.506. The van der Waals surface area contributed by atoms with Crippen LogP contribution in [0.3, 0.4) is 0 Å². The molecule has 210 valence electrons. The van der Waals surface area contributed by atoms with Crippen LogP contribution >= 0.6 is 0 Å². The lowest BCUT2D eigenvalue weighted by Crippen LogP contribution is -2.61. The van der Waals surface area contributed by atoms with E-state index in [0.717, 1.165) is 42.5 Å². The first kappa shape index (κ1) is 27.6. The second-order valence-electron chi connectivity index (χ2n) is 11.2. The number of hydrogen-bond donors (Lipinski definition) is 4. The van der Waals surface area contributed by atoms with Crippen molar-refractivity contribution in [3.8, 4) is 5.75 Å². The van der Waals surface area contributed by atoms with Gasteiger partial charge < -0.3 is 20.6 Å². The molecular formula is C31H36N4O5. The van der Waals surface area contributed by atoms with Crippen LogP contribution in [-0.4, -0.2) is 67.2 Å². The van der Waals surface area contributed by atoms with Crippen LogP contribution < -0.4 is 16.0 Å². The summed E-state index contributed by atoms with van der Waals surface area (Å²) in [6.45, 7) is 1.23. The number of phenols is 1. The van der Waals surface area contributed by atoms with Gasteiger partial charge in [-0.05, 0) is 68.0 Å². The zero-order valence-corrected chi connectivity index (χ0v) is 23.0. The number of aromatic hydroxyl groups is 1. The van der Waals surface area contributed by atoms with E-state index >= 15 is 0 Å². The van der Waals surface area contributed by atoms with Crippen molar-refractivity contribution in [3.05, 3.63) is 70.4 Å². The Morgan fingerprint density at radius 2 is 1.95 bits per heavy atom. The summed E-state index contributed by atoms with van der Waals surface area (Å²) in [5.74, 6) is -0.276. The minimum absolute atomic E-state index is 0.0273. The number of imide groups is 1. The number of rotatable bonds is 8. The predicted octanol–water partition coefficient (Wildman–Crippen LogP) is 2.06. The van der Waals surface area contributed by atoms with Crippen LogP contribution in [-0.2, 0) is 32.6 Å². The highest BCUT2D eigenvalue weighted by Crippen LogP contribution is 2.57. The summed E-state index contributed by atoms with van der Waals surface area (Å²) >= 11 is 0. The summed E-state index contributed by atoms with van der Waals surface area (Å²) in [6, 6.07) is 11.3. The molecule has 2 aromatic rings. The first-order chi connectivity index (χ1) is 19.3. The van der Waals surface area contributed by atoms with E-state index in [1.807, 2.05) is 18.2 Å². The number of carbonyl (C=O) groups excluding carboxylic acids is 4. The Labute approximate surface area is 234 Å². The van der Waals surface area contributed by atoms with Gasteiger partial charge in [0.2, 0.25) is 6.41 Å². The van der Waals surface area contributed by atoms with Gasteiger partial charge in [-0.15, -0.1) is 0 Å². The maximum absolute atomic E-state index is 13.2. The highest BCUT2D eigenvalue weighted by molar-refractivity contribution is 6.21. The summed E-state index contributed by atoms with van der Waals surface area (Å²) in [6.07, 6.45) is 5.91. The van der Waals surface area contributed by atoms with Gasteiger partial charge >= 0.3 is 0 Å². The van der Waals surface area contributed by atoms with Crippen molar-refractivity contribution >= 4 is 29.6 Å². The lowest BCUT2D eigenvalue weighted by Gasteiger charge is -2.58. The van der Waals surface area contributed by atoms with Gasteiger partial charge in [-0.25, -0.2) is 0 Å². The highest BCUT2D eigenvalue weighted by Gasteiger charge is 2.56. The molecule has 5 rings (SSSR count). The molecule has 9 nitrogen and oxygen atoms in total. The number of carbonyl (C=O) groups is 4. The van der Waals surface area contributed by atoms with Gasteiger partial charge in [0.25, 0.3) is 11.8 Å². The van der Waals surface area contributed by atoms with Gasteiger partial charge in [-0.3, -0.25) is 24.5 Å². The lowest BCUT2D eigenvalue weighted by molar-refractivity contribution is -0.127. The number of hydrogen-bond acceptors (Lipinski definition) is 7. The van der Waals surface area contributed by atoms with E-state index in [9.17, 15) is 24.3 Å². The van der Waals surface area contributed by atoms with E-state index in [4.69, 9.17) is 0 Å². The summed E-state index contributed by atoms with van der Waals surface area (Å²) in [5.41, 5.74) is 3.65. The fourth-order valence-corrected chi connectivity index (χ4v) is 7.13. The molecule has 2 fully saturated rings. The molecule has 1 saturated heterocycles. The van der Waals surface area contributed by atoms with Crippen LogP contribution in [0.1, 0.15) is 58.3 Å². The first-order valence-electron chi connectivity index (χ1n) is 13.9. The van der Waals surface area contributed by atoms with Gasteiger partial charge in [0, 0.05) is 49.7 Å². The molecule has 9 heteroatoms. The molecule has 3 unspecified atom stereocenters. The zero-order chi connectivity index (χ0) is 28.4. The Bertz CT molecular complexity index is 1370. The van der Waals surface area contributed by atoms with Gasteiger partial charge in [0.05, 0.1) is 11.1 Å². The Morgan fingerprint density at radius 1 is 1.18 bits per heavy atom. The maximum Gasteiger partial charge on any atom is 0.259 e. The summed E-state index contributed by atoms with van der Waals surface area (Å²) in [5, 5.41) is 19.4. The monoisotopic (exact) mass is 544 g/mol. The quantitative estimate of drug-likeness (QED) is 0.296. The van der Waals surface area contributed by atoms with Crippen LogP contribution in [0.25, 0.3) is 5.57 Å². The topological polar surface area (TPSA) is 128 Å². The highest BCUT2D eigenvalue weighted by atomic mass is 16.3. The van der Waals surface area contributed by atoms with Crippen molar-refractivity contribution in [1.29, 1.82) is 0 Å². The smallest absolute Gasteiger partial charge is 0.259 e. The van der Waals surface area contributed by atoms with Crippen LogP contribution in [0, 0.1) is 5.92 Å². The number of Topliss-reactive ketones (excluding diaryl/α,β-unsaturated/α-hetero) is 1. The van der Waals surface area contributed by atoms with E-state index in [1.54, 1.807) is 25.2 Å². The van der Waals surface area contributed by atoms with Crippen LogP contribution in [0.5, 0.6) is 5.75 Å². The molecular weight excluding hydrogens is 508 g/mol. The maximum atomic E-state index is 13.2.